The summed E-state index contributed by atoms with van der Waals surface area (Å²) in [4.78, 5) is 15.3. The Hall–Kier alpha value is -2.04. The van der Waals surface area contributed by atoms with Crippen molar-refractivity contribution >= 4 is 5.91 Å². The van der Waals surface area contributed by atoms with Crippen molar-refractivity contribution in [1.82, 2.24) is 10.3 Å². The molecule has 0 atom stereocenters. The summed E-state index contributed by atoms with van der Waals surface area (Å²) in [5.74, 6) is 0.0960. The molecule has 15 heavy (non-hydrogen) atoms. The predicted octanol–water partition coefficient (Wildman–Crippen LogP) is 1.24. The summed E-state index contributed by atoms with van der Waals surface area (Å²) in [7, 11) is 0. The van der Waals surface area contributed by atoms with E-state index in [1.165, 1.54) is 12.7 Å². The summed E-state index contributed by atoms with van der Waals surface area (Å²) < 4.78 is 9.74. The van der Waals surface area contributed by atoms with Crippen LogP contribution < -0.4 is 5.32 Å². The van der Waals surface area contributed by atoms with Crippen LogP contribution in [0.3, 0.4) is 0 Å². The summed E-state index contributed by atoms with van der Waals surface area (Å²) in [6.07, 6.45) is 5.03. The minimum absolute atomic E-state index is 0.219. The third-order valence-electron chi connectivity index (χ3n) is 1.90. The third-order valence-corrected chi connectivity index (χ3v) is 1.90. The van der Waals surface area contributed by atoms with Crippen LogP contribution in [-0.4, -0.2) is 17.4 Å². The van der Waals surface area contributed by atoms with Crippen molar-refractivity contribution in [3.05, 3.63) is 42.5 Å². The normalized spacial score (nSPS) is 10.1. The number of carbonyl (C=O) groups is 1. The Morgan fingerprint density at radius 2 is 2.47 bits per heavy atom. The molecule has 0 unspecified atom stereocenters. The highest BCUT2D eigenvalue weighted by Gasteiger charge is 2.07. The van der Waals surface area contributed by atoms with Crippen molar-refractivity contribution in [2.24, 2.45) is 0 Å². The molecule has 2 aromatic rings. The lowest BCUT2D eigenvalue weighted by Gasteiger charge is -2.00. The molecule has 0 fully saturated rings. The fourth-order valence-corrected chi connectivity index (χ4v) is 1.16. The number of hydrogen-bond acceptors (Lipinski definition) is 4. The van der Waals surface area contributed by atoms with Gasteiger partial charge in [-0.2, -0.15) is 0 Å². The number of furan rings is 1. The summed E-state index contributed by atoms with van der Waals surface area (Å²) in [5, 5.41) is 2.71. The highest BCUT2D eigenvalue weighted by atomic mass is 16.3. The van der Waals surface area contributed by atoms with Crippen molar-refractivity contribution < 1.29 is 13.6 Å². The average molecular weight is 206 g/mol. The molecule has 0 spiro atoms. The highest BCUT2D eigenvalue weighted by Crippen LogP contribution is 1.99. The Kier molecular flexibility index (Phi) is 2.82. The van der Waals surface area contributed by atoms with Crippen LogP contribution in [0.5, 0.6) is 0 Å². The predicted molar refractivity (Wildman–Crippen MR) is 51.2 cm³/mol. The lowest BCUT2D eigenvalue weighted by atomic mass is 10.3. The van der Waals surface area contributed by atoms with Crippen molar-refractivity contribution in [3.63, 3.8) is 0 Å². The third kappa shape index (κ3) is 2.46. The molecule has 0 saturated carbocycles. The second-order valence-electron chi connectivity index (χ2n) is 2.96. The Labute approximate surface area is 86.1 Å². The molecule has 2 rings (SSSR count). The van der Waals surface area contributed by atoms with E-state index in [1.54, 1.807) is 18.4 Å². The first-order valence-corrected chi connectivity index (χ1v) is 4.55. The van der Waals surface area contributed by atoms with E-state index < -0.39 is 0 Å². The Morgan fingerprint density at radius 3 is 3.13 bits per heavy atom. The van der Waals surface area contributed by atoms with Crippen molar-refractivity contribution in [2.45, 2.75) is 6.42 Å². The van der Waals surface area contributed by atoms with Crippen LogP contribution in [0.25, 0.3) is 0 Å². The van der Waals surface area contributed by atoms with Gasteiger partial charge in [0.05, 0.1) is 12.0 Å². The van der Waals surface area contributed by atoms with Gasteiger partial charge in [-0.25, -0.2) is 4.98 Å². The Bertz CT molecular complexity index is 406. The maximum Gasteiger partial charge on any atom is 0.286 e. The second-order valence-corrected chi connectivity index (χ2v) is 2.96. The lowest BCUT2D eigenvalue weighted by molar-refractivity contribution is 0.0926. The molecule has 1 N–H and O–H groups in total. The van der Waals surface area contributed by atoms with Crippen LogP contribution in [0.2, 0.25) is 0 Å². The smallest absolute Gasteiger partial charge is 0.286 e. The van der Waals surface area contributed by atoms with E-state index in [0.29, 0.717) is 18.7 Å². The zero-order chi connectivity index (χ0) is 10.5. The summed E-state index contributed by atoms with van der Waals surface area (Å²) in [6, 6.07) is 3.29. The maximum absolute atomic E-state index is 11.4. The average Bonchev–Trinajstić information content (AvgIpc) is 2.90. The number of carbonyl (C=O) groups excluding carboxylic acids is 1. The molecule has 78 valence electrons. The fourth-order valence-electron chi connectivity index (χ4n) is 1.16. The van der Waals surface area contributed by atoms with Gasteiger partial charge in [0.1, 0.15) is 6.26 Å². The molecule has 5 nitrogen and oxygen atoms in total. The Morgan fingerprint density at radius 1 is 1.53 bits per heavy atom. The molecule has 5 heteroatoms. The lowest BCUT2D eigenvalue weighted by Crippen LogP contribution is -2.25. The van der Waals surface area contributed by atoms with Gasteiger partial charge in [0, 0.05) is 13.0 Å². The topological polar surface area (TPSA) is 68.3 Å². The molecular formula is C10H10N2O3. The molecule has 2 heterocycles. The van der Waals surface area contributed by atoms with Crippen molar-refractivity contribution in [3.8, 4) is 0 Å². The van der Waals surface area contributed by atoms with E-state index in [4.69, 9.17) is 8.83 Å². The number of nitrogens with one attached hydrogen (secondary N) is 1. The molecule has 1 amide bonds. The van der Waals surface area contributed by atoms with Crippen LogP contribution in [0.1, 0.15) is 16.2 Å². The molecular weight excluding hydrogens is 196 g/mol. The van der Waals surface area contributed by atoms with E-state index >= 15 is 0 Å². The number of rotatable bonds is 4. The minimum Gasteiger partial charge on any atom is -0.459 e. The van der Waals surface area contributed by atoms with Crippen LogP contribution in [-0.2, 0) is 6.42 Å². The number of amides is 1. The highest BCUT2D eigenvalue weighted by molar-refractivity contribution is 5.91. The molecule has 0 aromatic carbocycles. The van der Waals surface area contributed by atoms with Gasteiger partial charge in [-0.1, -0.05) is 0 Å². The van der Waals surface area contributed by atoms with Gasteiger partial charge in [-0.3, -0.25) is 4.79 Å². The van der Waals surface area contributed by atoms with Crippen molar-refractivity contribution in [1.29, 1.82) is 0 Å². The van der Waals surface area contributed by atoms with Gasteiger partial charge < -0.3 is 14.2 Å². The first-order valence-electron chi connectivity index (χ1n) is 4.55. The molecule has 0 aliphatic heterocycles. The Balaban J connectivity index is 1.77. The van der Waals surface area contributed by atoms with Crippen LogP contribution in [0, 0.1) is 0 Å². The number of aromatic nitrogens is 1. The van der Waals surface area contributed by atoms with Gasteiger partial charge in [-0.05, 0) is 12.1 Å². The SMILES string of the molecule is O=C(NCCc1cocn1)c1ccco1. The fraction of sp³-hybridized carbons (Fsp3) is 0.200. The van der Waals surface area contributed by atoms with Crippen LogP contribution in [0.15, 0.2) is 39.9 Å². The van der Waals surface area contributed by atoms with E-state index in [9.17, 15) is 4.79 Å². The van der Waals surface area contributed by atoms with Gasteiger partial charge in [0.15, 0.2) is 12.2 Å². The van der Waals surface area contributed by atoms with E-state index in [-0.39, 0.29) is 5.91 Å². The molecule has 0 aliphatic rings. The number of oxazole rings is 1. The molecule has 0 saturated heterocycles. The quantitative estimate of drug-likeness (QED) is 0.817. The summed E-state index contributed by atoms with van der Waals surface area (Å²) >= 11 is 0. The van der Waals surface area contributed by atoms with Crippen molar-refractivity contribution in [2.75, 3.05) is 6.54 Å². The molecule has 0 radical (unpaired) electrons. The number of hydrogen-bond donors (Lipinski definition) is 1. The molecule has 0 aliphatic carbocycles. The van der Waals surface area contributed by atoms with E-state index in [2.05, 4.69) is 10.3 Å². The largest absolute Gasteiger partial charge is 0.459 e. The second kappa shape index (κ2) is 4.45. The van der Waals surface area contributed by atoms with Gasteiger partial charge >= 0.3 is 0 Å². The van der Waals surface area contributed by atoms with Crippen LogP contribution in [0.4, 0.5) is 0 Å². The zero-order valence-electron chi connectivity index (χ0n) is 7.97. The van der Waals surface area contributed by atoms with Gasteiger partial charge in [-0.15, -0.1) is 0 Å². The first kappa shape index (κ1) is 9.51. The number of nitrogens with zero attached hydrogens (tertiary/aromatic N) is 1. The van der Waals surface area contributed by atoms with E-state index in [1.807, 2.05) is 0 Å². The minimum atomic E-state index is -0.219. The molecule has 0 bridgehead atoms. The van der Waals surface area contributed by atoms with E-state index in [0.717, 1.165) is 5.69 Å². The zero-order valence-corrected chi connectivity index (χ0v) is 7.97. The monoisotopic (exact) mass is 206 g/mol. The summed E-state index contributed by atoms with van der Waals surface area (Å²) in [6.45, 7) is 0.506. The van der Waals surface area contributed by atoms with Crippen LogP contribution >= 0.6 is 0 Å². The standard InChI is InChI=1S/C10H10N2O3/c13-10(9-2-1-5-15-9)11-4-3-8-6-14-7-12-8/h1-2,5-7H,3-4H2,(H,11,13). The van der Waals surface area contributed by atoms with Gasteiger partial charge in [0.2, 0.25) is 0 Å². The molecule has 2 aromatic heterocycles. The van der Waals surface area contributed by atoms with Gasteiger partial charge in [0.25, 0.3) is 5.91 Å². The summed E-state index contributed by atoms with van der Waals surface area (Å²) in [5.41, 5.74) is 0.815. The maximum atomic E-state index is 11.4. The first-order chi connectivity index (χ1) is 7.36.